The number of rotatable bonds is 1. The monoisotopic (exact) mass is 464 g/mol. The van der Waals surface area contributed by atoms with Crippen LogP contribution < -0.4 is 0 Å². The predicted octanol–water partition coefficient (Wildman–Crippen LogP) is 2.20. The summed E-state index contributed by atoms with van der Waals surface area (Å²) in [7, 11) is 0. The summed E-state index contributed by atoms with van der Waals surface area (Å²) in [6.45, 7) is 1.79. The molecule has 8 heteroatoms. The van der Waals surface area contributed by atoms with E-state index in [1.54, 1.807) is 31.2 Å². The highest BCUT2D eigenvalue weighted by molar-refractivity contribution is 5.71. The number of aliphatic hydroxyl groups is 4. The molecule has 0 saturated heterocycles. The Kier molecular flexibility index (Phi) is 14.0. The number of aliphatic carboxylic acids is 1. The van der Waals surface area contributed by atoms with Crippen molar-refractivity contribution in [3.05, 3.63) is 60.8 Å². The lowest BCUT2D eigenvalue weighted by atomic mass is 9.88. The van der Waals surface area contributed by atoms with E-state index >= 15 is 0 Å². The lowest BCUT2D eigenvalue weighted by molar-refractivity contribution is -0.153. The SMILES string of the molecule is CC1CC=C/C=C/C=C/C=C/C=C/C(O)CC(O)C(C(=O)O)C(O)CC(O)CCCC(=O)O1. The maximum atomic E-state index is 11.9. The third kappa shape index (κ3) is 12.9. The number of hydrogen-bond donors (Lipinski definition) is 5. The van der Waals surface area contributed by atoms with Gasteiger partial charge in [0.1, 0.15) is 12.0 Å². The molecular weight excluding hydrogens is 428 g/mol. The second-order valence-electron chi connectivity index (χ2n) is 8.09. The minimum absolute atomic E-state index is 0.0862. The van der Waals surface area contributed by atoms with Crippen LogP contribution in [0.15, 0.2) is 60.8 Å². The fourth-order valence-electron chi connectivity index (χ4n) is 3.34. The van der Waals surface area contributed by atoms with E-state index in [1.807, 2.05) is 30.4 Å². The second kappa shape index (κ2) is 16.1. The van der Waals surface area contributed by atoms with Gasteiger partial charge in [-0.15, -0.1) is 0 Å². The van der Waals surface area contributed by atoms with Crippen molar-refractivity contribution in [3.63, 3.8) is 0 Å². The van der Waals surface area contributed by atoms with E-state index in [9.17, 15) is 35.1 Å². The van der Waals surface area contributed by atoms with E-state index in [0.717, 1.165) is 0 Å². The third-order valence-electron chi connectivity index (χ3n) is 5.08. The molecule has 1 heterocycles. The smallest absolute Gasteiger partial charge is 0.311 e. The number of aliphatic hydroxyl groups excluding tert-OH is 4. The topological polar surface area (TPSA) is 145 Å². The van der Waals surface area contributed by atoms with Crippen molar-refractivity contribution in [1.82, 2.24) is 0 Å². The minimum Gasteiger partial charge on any atom is -0.481 e. The maximum absolute atomic E-state index is 11.9. The first-order valence-electron chi connectivity index (χ1n) is 11.2. The molecule has 0 amide bonds. The highest BCUT2D eigenvalue weighted by Crippen LogP contribution is 2.21. The molecule has 0 saturated carbocycles. The quantitative estimate of drug-likeness (QED) is 0.372. The minimum atomic E-state index is -1.57. The number of esters is 1. The number of hydrogen-bond acceptors (Lipinski definition) is 7. The van der Waals surface area contributed by atoms with E-state index < -0.39 is 42.3 Å². The van der Waals surface area contributed by atoms with Crippen molar-refractivity contribution in [2.45, 2.75) is 76.0 Å². The van der Waals surface area contributed by atoms with Crippen molar-refractivity contribution in [3.8, 4) is 0 Å². The summed E-state index contributed by atoms with van der Waals surface area (Å²) >= 11 is 0. The summed E-state index contributed by atoms with van der Waals surface area (Å²) < 4.78 is 5.31. The predicted molar refractivity (Wildman–Crippen MR) is 124 cm³/mol. The lowest BCUT2D eigenvalue weighted by Crippen LogP contribution is -2.41. The maximum Gasteiger partial charge on any atom is 0.311 e. The molecule has 0 fully saturated rings. The summed E-state index contributed by atoms with van der Waals surface area (Å²) in [6.07, 6.45) is 12.4. The van der Waals surface area contributed by atoms with Crippen molar-refractivity contribution >= 4 is 11.9 Å². The normalized spacial score (nSPS) is 35.5. The van der Waals surface area contributed by atoms with Crippen LogP contribution in [0.25, 0.3) is 0 Å². The van der Waals surface area contributed by atoms with Crippen LogP contribution in [-0.2, 0) is 14.3 Å². The van der Waals surface area contributed by atoms with E-state index in [-0.39, 0.29) is 31.8 Å². The van der Waals surface area contributed by atoms with Crippen LogP contribution in [-0.4, -0.2) is 68.0 Å². The Bertz CT molecular complexity index is 737. The molecule has 184 valence electrons. The molecule has 0 aromatic heterocycles. The molecule has 0 aromatic carbocycles. The van der Waals surface area contributed by atoms with Gasteiger partial charge in [-0.1, -0.05) is 60.8 Å². The average molecular weight is 465 g/mol. The standard InChI is InChI=1S/C25H36O8/c1-18-12-9-7-5-3-2-4-6-8-10-13-19(26)16-21(28)24(25(31)32)22(29)17-20(27)14-11-15-23(30)33-18/h2-10,13,18-22,24,26-29H,11-12,14-17H2,1H3,(H,31,32)/b4-2+,5-3+,8-6+,9-7?,13-10+. The molecule has 1 aliphatic heterocycles. The largest absolute Gasteiger partial charge is 0.481 e. The fraction of sp³-hybridized carbons (Fsp3) is 0.520. The van der Waals surface area contributed by atoms with Crippen molar-refractivity contribution < 1.29 is 39.9 Å². The van der Waals surface area contributed by atoms with E-state index in [1.165, 1.54) is 6.08 Å². The number of carboxylic acids is 1. The van der Waals surface area contributed by atoms with Crippen LogP contribution in [0.4, 0.5) is 0 Å². The summed E-state index contributed by atoms with van der Waals surface area (Å²) in [6, 6.07) is 0. The van der Waals surface area contributed by atoms with Crippen LogP contribution in [0, 0.1) is 5.92 Å². The fourth-order valence-corrected chi connectivity index (χ4v) is 3.34. The van der Waals surface area contributed by atoms with Gasteiger partial charge in [0, 0.05) is 25.7 Å². The van der Waals surface area contributed by atoms with Gasteiger partial charge in [-0.25, -0.2) is 0 Å². The first kappa shape index (κ1) is 28.5. The molecule has 0 spiro atoms. The Morgan fingerprint density at radius 2 is 1.48 bits per heavy atom. The zero-order valence-corrected chi connectivity index (χ0v) is 18.9. The van der Waals surface area contributed by atoms with E-state index in [2.05, 4.69) is 0 Å². The van der Waals surface area contributed by atoms with Gasteiger partial charge in [-0.05, 0) is 19.8 Å². The molecule has 0 aromatic rings. The molecule has 5 N–H and O–H groups in total. The van der Waals surface area contributed by atoms with E-state index in [0.29, 0.717) is 12.8 Å². The Morgan fingerprint density at radius 3 is 2.12 bits per heavy atom. The highest BCUT2D eigenvalue weighted by Gasteiger charge is 2.35. The molecule has 8 nitrogen and oxygen atoms in total. The van der Waals surface area contributed by atoms with Crippen molar-refractivity contribution in [2.24, 2.45) is 5.92 Å². The van der Waals surface area contributed by atoms with Gasteiger partial charge in [-0.2, -0.15) is 0 Å². The molecule has 33 heavy (non-hydrogen) atoms. The number of carboxylic acid groups (broad SMARTS) is 1. The number of ether oxygens (including phenoxy) is 1. The molecule has 1 rings (SSSR count). The first-order chi connectivity index (χ1) is 15.7. The molecule has 6 unspecified atom stereocenters. The van der Waals surface area contributed by atoms with Gasteiger partial charge in [0.15, 0.2) is 0 Å². The molecule has 6 atom stereocenters. The number of allylic oxidation sites excluding steroid dienone is 8. The van der Waals surface area contributed by atoms with Gasteiger partial charge in [0.05, 0.1) is 24.4 Å². The summed E-state index contributed by atoms with van der Waals surface area (Å²) in [5.74, 6) is -3.40. The summed E-state index contributed by atoms with van der Waals surface area (Å²) in [5.41, 5.74) is 0. The number of carbonyl (C=O) groups excluding carboxylic acids is 1. The molecule has 0 radical (unpaired) electrons. The number of cyclic esters (lactones) is 1. The molecular formula is C25H36O8. The third-order valence-corrected chi connectivity index (χ3v) is 5.08. The molecule has 0 aliphatic carbocycles. The van der Waals surface area contributed by atoms with Crippen molar-refractivity contribution in [1.29, 1.82) is 0 Å². The van der Waals surface area contributed by atoms with Crippen LogP contribution in [0.5, 0.6) is 0 Å². The zero-order valence-electron chi connectivity index (χ0n) is 18.9. The Balaban J connectivity index is 2.88. The Hall–Kier alpha value is -2.52. The van der Waals surface area contributed by atoms with Crippen molar-refractivity contribution in [2.75, 3.05) is 0 Å². The Morgan fingerprint density at radius 1 is 0.909 bits per heavy atom. The lowest BCUT2D eigenvalue weighted by Gasteiger charge is -2.26. The van der Waals surface area contributed by atoms with Gasteiger partial charge < -0.3 is 30.3 Å². The number of carbonyl (C=O) groups is 2. The van der Waals surface area contributed by atoms with Crippen LogP contribution >= 0.6 is 0 Å². The summed E-state index contributed by atoms with van der Waals surface area (Å²) in [5, 5.41) is 50.2. The molecule has 0 bridgehead atoms. The zero-order chi connectivity index (χ0) is 24.6. The first-order valence-corrected chi connectivity index (χ1v) is 11.2. The van der Waals surface area contributed by atoms with E-state index in [4.69, 9.17) is 4.74 Å². The average Bonchev–Trinajstić information content (AvgIpc) is 2.70. The second-order valence-corrected chi connectivity index (χ2v) is 8.09. The van der Waals surface area contributed by atoms with Gasteiger partial charge in [-0.3, -0.25) is 9.59 Å². The van der Waals surface area contributed by atoms with Gasteiger partial charge in [0.2, 0.25) is 0 Å². The Labute approximate surface area is 194 Å². The van der Waals surface area contributed by atoms with Crippen LogP contribution in [0.1, 0.15) is 45.4 Å². The molecule has 1 aliphatic rings. The van der Waals surface area contributed by atoms with Crippen LogP contribution in [0.3, 0.4) is 0 Å². The van der Waals surface area contributed by atoms with Gasteiger partial charge >= 0.3 is 11.9 Å². The van der Waals surface area contributed by atoms with Gasteiger partial charge in [0.25, 0.3) is 0 Å². The summed E-state index contributed by atoms with van der Waals surface area (Å²) in [4.78, 5) is 23.5. The van der Waals surface area contributed by atoms with Crippen LogP contribution in [0.2, 0.25) is 0 Å². The highest BCUT2D eigenvalue weighted by atomic mass is 16.5.